The quantitative estimate of drug-likeness (QED) is 0.123. The molecule has 3 heterocycles. The third-order valence-corrected chi connectivity index (χ3v) is 9.63. The van der Waals surface area contributed by atoms with Gasteiger partial charge in [-0.05, 0) is 82.9 Å². The Labute approximate surface area is 312 Å². The van der Waals surface area contributed by atoms with Gasteiger partial charge in [0.15, 0.2) is 6.29 Å². The van der Waals surface area contributed by atoms with E-state index in [4.69, 9.17) is 23.7 Å². The molecule has 2 aromatic carbocycles. The second-order valence-electron chi connectivity index (χ2n) is 14.5. The minimum atomic E-state index is -5.93. The van der Waals surface area contributed by atoms with Crippen LogP contribution in [0.2, 0.25) is 0 Å². The molecule has 1 N–H and O–H groups in total. The van der Waals surface area contributed by atoms with Gasteiger partial charge in [0.2, 0.25) is 0 Å². The molecule has 2 amide bonds. The van der Waals surface area contributed by atoms with E-state index in [9.17, 15) is 44.3 Å². The lowest BCUT2D eigenvalue weighted by molar-refractivity contribution is -0.274. The average molecular weight is 814 g/mol. The predicted octanol–water partition coefficient (Wildman–Crippen LogP) is 6.00. The van der Waals surface area contributed by atoms with Gasteiger partial charge in [-0.25, -0.2) is 14.6 Å². The van der Waals surface area contributed by atoms with E-state index in [0.717, 1.165) is 24.3 Å². The SMILES string of the molecule is CC(C)(C)OC(=O)N1[C@H](Cc2ccc(OS(=O)(=O)C(F)(F)F)cc2)[C@H](CN(Cc2ccc(OC(F)(F)F)cc2)NC(=O)O[C@H]2CO[C@H]3OCC[C@H]32)OC1(C)C. The number of ether oxygens (including phenoxy) is 6. The number of rotatable bonds is 11. The summed E-state index contributed by atoms with van der Waals surface area (Å²) < 4.78 is 137. The number of nitrogens with zero attached hydrogens (tertiary/aromatic N) is 2. The van der Waals surface area contributed by atoms with E-state index in [1.165, 1.54) is 34.2 Å². The lowest BCUT2D eigenvalue weighted by Gasteiger charge is -2.35. The van der Waals surface area contributed by atoms with Crippen LogP contribution in [0.4, 0.5) is 35.9 Å². The molecule has 55 heavy (non-hydrogen) atoms. The van der Waals surface area contributed by atoms with Crippen molar-refractivity contribution in [1.82, 2.24) is 15.3 Å². The van der Waals surface area contributed by atoms with Crippen LogP contribution in [-0.2, 0) is 46.8 Å². The maximum Gasteiger partial charge on any atom is 0.573 e. The molecule has 0 spiro atoms. The number of alkyl halides is 6. The summed E-state index contributed by atoms with van der Waals surface area (Å²) in [5.74, 6) is -1.25. The van der Waals surface area contributed by atoms with Gasteiger partial charge < -0.3 is 32.6 Å². The standard InChI is InChI=1S/C34H41F6N3O11S/c1-31(2,3)53-30(45)43-25(16-20-6-12-23(13-7-20)54-55(46,47)34(38,39)40)26(52-32(43,4)5)18-42(17-21-8-10-22(11-9-21)51-33(35,36)37)41-29(44)50-27-19-49-28-24(27)14-15-48-28/h6-13,24-28H,14-19H2,1-5H3,(H,41,44)/t24-,25+,26-,27-,28+/m0/s1. The van der Waals surface area contributed by atoms with Crippen LogP contribution in [0.5, 0.6) is 11.5 Å². The summed E-state index contributed by atoms with van der Waals surface area (Å²) in [6.45, 7) is 8.47. The summed E-state index contributed by atoms with van der Waals surface area (Å²) in [6, 6.07) is 8.73. The van der Waals surface area contributed by atoms with Gasteiger partial charge in [0.05, 0.1) is 31.3 Å². The highest BCUT2D eigenvalue weighted by Gasteiger charge is 2.52. The van der Waals surface area contributed by atoms with Crippen molar-refractivity contribution in [2.24, 2.45) is 5.92 Å². The van der Waals surface area contributed by atoms with Gasteiger partial charge >= 0.3 is 34.2 Å². The molecule has 2 aromatic rings. The van der Waals surface area contributed by atoms with Crippen LogP contribution in [0.1, 0.15) is 52.2 Å². The fraction of sp³-hybridized carbons (Fsp3) is 0.588. The fourth-order valence-corrected chi connectivity index (χ4v) is 6.90. The Bertz CT molecular complexity index is 1770. The number of carbonyl (C=O) groups excluding carboxylic acids is 2. The van der Waals surface area contributed by atoms with Crippen molar-refractivity contribution in [2.75, 3.05) is 19.8 Å². The molecule has 0 saturated carbocycles. The van der Waals surface area contributed by atoms with Crippen LogP contribution in [0.15, 0.2) is 48.5 Å². The maximum absolute atomic E-state index is 13.7. The first-order valence-electron chi connectivity index (χ1n) is 17.0. The molecular weight excluding hydrogens is 772 g/mol. The highest BCUT2D eigenvalue weighted by atomic mass is 32.2. The van der Waals surface area contributed by atoms with Gasteiger partial charge in [-0.2, -0.15) is 21.6 Å². The Morgan fingerprint density at radius 2 is 1.56 bits per heavy atom. The zero-order chi connectivity index (χ0) is 40.6. The van der Waals surface area contributed by atoms with Gasteiger partial charge in [-0.3, -0.25) is 10.3 Å². The van der Waals surface area contributed by atoms with Crippen LogP contribution in [0.25, 0.3) is 0 Å². The van der Waals surface area contributed by atoms with Gasteiger partial charge in [-0.1, -0.05) is 24.3 Å². The van der Waals surface area contributed by atoms with E-state index >= 15 is 0 Å². The normalized spacial score (nSPS) is 24.1. The summed E-state index contributed by atoms with van der Waals surface area (Å²) in [5.41, 5.74) is -4.39. The van der Waals surface area contributed by atoms with Crippen molar-refractivity contribution in [3.05, 3.63) is 59.7 Å². The van der Waals surface area contributed by atoms with Crippen LogP contribution >= 0.6 is 0 Å². The van der Waals surface area contributed by atoms with Crippen molar-refractivity contribution < 1.29 is 77.0 Å². The highest BCUT2D eigenvalue weighted by molar-refractivity contribution is 7.88. The molecule has 14 nitrogen and oxygen atoms in total. The van der Waals surface area contributed by atoms with Crippen molar-refractivity contribution in [1.29, 1.82) is 0 Å². The third kappa shape index (κ3) is 11.0. The fourth-order valence-electron chi connectivity index (χ4n) is 6.44. The summed E-state index contributed by atoms with van der Waals surface area (Å²) in [5, 5.41) is 1.39. The molecule has 0 bridgehead atoms. The first-order valence-corrected chi connectivity index (χ1v) is 18.4. The number of amides is 2. The first kappa shape index (κ1) is 42.1. The smallest absolute Gasteiger partial charge is 0.444 e. The van der Waals surface area contributed by atoms with E-state index in [1.54, 1.807) is 34.6 Å². The average Bonchev–Trinajstić information content (AvgIpc) is 3.71. The molecule has 5 atom stereocenters. The number of hydrogen-bond acceptors (Lipinski definition) is 12. The number of benzene rings is 2. The molecule has 3 fully saturated rings. The topological polar surface area (TPSA) is 151 Å². The number of hydrazine groups is 1. The van der Waals surface area contributed by atoms with Gasteiger partial charge in [0, 0.05) is 13.1 Å². The molecule has 306 valence electrons. The van der Waals surface area contributed by atoms with E-state index in [0.29, 0.717) is 24.2 Å². The van der Waals surface area contributed by atoms with E-state index in [1.807, 2.05) is 0 Å². The Balaban J connectivity index is 1.42. The molecule has 0 unspecified atom stereocenters. The molecule has 3 aliphatic rings. The van der Waals surface area contributed by atoms with Gasteiger partial charge in [0.25, 0.3) is 0 Å². The highest BCUT2D eigenvalue weighted by Crippen LogP contribution is 2.37. The Morgan fingerprint density at radius 3 is 2.16 bits per heavy atom. The molecule has 3 saturated heterocycles. The second-order valence-corrected chi connectivity index (χ2v) is 16.0. The van der Waals surface area contributed by atoms with Crippen LogP contribution in [0.3, 0.4) is 0 Å². The van der Waals surface area contributed by atoms with E-state index in [2.05, 4.69) is 14.3 Å². The Kier molecular flexibility index (Phi) is 12.1. The molecule has 21 heteroatoms. The minimum absolute atomic E-state index is 0.0100. The van der Waals surface area contributed by atoms with Crippen LogP contribution < -0.4 is 14.3 Å². The maximum atomic E-state index is 13.7. The van der Waals surface area contributed by atoms with Gasteiger partial charge in [0.1, 0.15) is 28.9 Å². The van der Waals surface area contributed by atoms with Crippen molar-refractivity contribution >= 4 is 22.3 Å². The number of carbonyl (C=O) groups is 2. The number of nitrogens with one attached hydrogen (secondary N) is 1. The van der Waals surface area contributed by atoms with Crippen LogP contribution in [0, 0.1) is 5.92 Å². The van der Waals surface area contributed by atoms with Crippen molar-refractivity contribution in [3.63, 3.8) is 0 Å². The largest absolute Gasteiger partial charge is 0.573 e. The second kappa shape index (κ2) is 15.8. The third-order valence-electron chi connectivity index (χ3n) is 8.65. The number of hydrogen-bond donors (Lipinski definition) is 1. The van der Waals surface area contributed by atoms with Crippen molar-refractivity contribution in [3.8, 4) is 11.5 Å². The Hall–Kier alpha value is -4.05. The molecule has 0 aliphatic carbocycles. The first-order chi connectivity index (χ1) is 25.4. The zero-order valence-corrected chi connectivity index (χ0v) is 31.1. The van der Waals surface area contributed by atoms with E-state index in [-0.39, 0.29) is 32.0 Å². The summed E-state index contributed by atoms with van der Waals surface area (Å²) in [7, 11) is -5.93. The minimum Gasteiger partial charge on any atom is -0.444 e. The molecule has 3 aliphatic heterocycles. The summed E-state index contributed by atoms with van der Waals surface area (Å²) >= 11 is 0. The lowest BCUT2D eigenvalue weighted by atomic mass is 9.99. The number of halogens is 6. The lowest BCUT2D eigenvalue weighted by Crippen LogP contribution is -2.53. The monoisotopic (exact) mass is 813 g/mol. The molecule has 0 radical (unpaired) electrons. The molecule has 5 rings (SSSR count). The Morgan fingerprint density at radius 1 is 0.945 bits per heavy atom. The molecule has 0 aromatic heterocycles. The summed E-state index contributed by atoms with van der Waals surface area (Å²) in [4.78, 5) is 28.4. The zero-order valence-electron chi connectivity index (χ0n) is 30.3. The summed E-state index contributed by atoms with van der Waals surface area (Å²) in [6.07, 6.45) is -8.02. The molecular formula is C34H41F6N3O11S. The van der Waals surface area contributed by atoms with Gasteiger partial charge in [-0.15, -0.1) is 13.2 Å². The van der Waals surface area contributed by atoms with Crippen molar-refractivity contribution in [2.45, 2.75) is 102 Å². The van der Waals surface area contributed by atoms with Crippen LogP contribution in [-0.4, -0.2) is 98.0 Å². The number of fused-ring (bicyclic) bond motifs is 1. The van der Waals surface area contributed by atoms with E-state index < -0.39 is 81.5 Å². The predicted molar refractivity (Wildman–Crippen MR) is 177 cm³/mol.